The monoisotopic (exact) mass is 308 g/mol. The average Bonchev–Trinajstić information content (AvgIpc) is 2.77. The summed E-state index contributed by atoms with van der Waals surface area (Å²) in [6.07, 6.45) is 0. The second kappa shape index (κ2) is 6.47. The molecule has 0 saturated carbocycles. The van der Waals surface area contributed by atoms with Crippen molar-refractivity contribution < 1.29 is 4.79 Å². The van der Waals surface area contributed by atoms with Gasteiger partial charge in [0.05, 0.1) is 6.04 Å². The minimum absolute atomic E-state index is 0.245. The number of nitrogens with zero attached hydrogens (tertiary/aromatic N) is 1. The molecular formula is C13H17ClN6O. The van der Waals surface area contributed by atoms with E-state index in [-0.39, 0.29) is 12.6 Å². The van der Waals surface area contributed by atoms with Gasteiger partial charge in [-0.25, -0.2) is 4.79 Å². The molecule has 0 fully saturated rings. The summed E-state index contributed by atoms with van der Waals surface area (Å²) in [6, 6.07) is 6.41. The molecule has 0 bridgehead atoms. The zero-order valence-electron chi connectivity index (χ0n) is 11.5. The number of hydrogen-bond acceptors (Lipinski definition) is 4. The Kier molecular flexibility index (Phi) is 4.66. The molecule has 0 spiro atoms. The number of nitrogens with two attached hydrogens (primary N) is 2. The lowest BCUT2D eigenvalue weighted by Gasteiger charge is -2.17. The molecule has 0 aliphatic carbocycles. The highest BCUT2D eigenvalue weighted by molar-refractivity contribution is 6.30. The largest absolute Gasteiger partial charge is 0.384 e. The Labute approximate surface area is 127 Å². The number of carbonyl (C=O) groups is 1. The summed E-state index contributed by atoms with van der Waals surface area (Å²) >= 11 is 5.94. The van der Waals surface area contributed by atoms with E-state index in [1.54, 1.807) is 25.1 Å². The summed E-state index contributed by atoms with van der Waals surface area (Å²) in [5, 5.41) is 12.5. The van der Waals surface area contributed by atoms with Crippen molar-refractivity contribution in [3.63, 3.8) is 0 Å². The van der Waals surface area contributed by atoms with Gasteiger partial charge >= 0.3 is 6.03 Å². The van der Waals surface area contributed by atoms with Crippen LogP contribution >= 0.6 is 11.6 Å². The molecule has 1 unspecified atom stereocenters. The minimum Gasteiger partial charge on any atom is -0.384 e. The van der Waals surface area contributed by atoms with Gasteiger partial charge in [-0.2, -0.15) is 5.10 Å². The first kappa shape index (κ1) is 15.1. The fourth-order valence-corrected chi connectivity index (χ4v) is 2.04. The van der Waals surface area contributed by atoms with Crippen LogP contribution in [0.5, 0.6) is 0 Å². The molecule has 0 aliphatic heterocycles. The van der Waals surface area contributed by atoms with Gasteiger partial charge in [-0.05, 0) is 24.6 Å². The maximum absolute atomic E-state index is 12.0. The molecule has 1 atom stereocenters. The Morgan fingerprint density at radius 3 is 2.86 bits per heavy atom. The predicted molar refractivity (Wildman–Crippen MR) is 83.1 cm³/mol. The quantitative estimate of drug-likeness (QED) is 0.591. The Morgan fingerprint density at radius 1 is 1.52 bits per heavy atom. The molecule has 2 amide bonds. The third-order valence-electron chi connectivity index (χ3n) is 3.07. The van der Waals surface area contributed by atoms with Crippen molar-refractivity contribution >= 4 is 29.3 Å². The van der Waals surface area contributed by atoms with E-state index in [0.29, 0.717) is 22.2 Å². The zero-order valence-corrected chi connectivity index (χ0v) is 12.2. The summed E-state index contributed by atoms with van der Waals surface area (Å²) in [5.41, 5.74) is 12.8. The lowest BCUT2D eigenvalue weighted by molar-refractivity contribution is 0.248. The molecule has 8 heteroatoms. The number of benzene rings is 1. The Hall–Kier alpha value is -2.25. The van der Waals surface area contributed by atoms with Crippen LogP contribution in [0.2, 0.25) is 5.02 Å². The second-order valence-corrected chi connectivity index (χ2v) is 4.99. The van der Waals surface area contributed by atoms with Crippen LogP contribution in [0.4, 0.5) is 16.4 Å². The molecule has 7 N–H and O–H groups in total. The predicted octanol–water partition coefficient (Wildman–Crippen LogP) is 1.78. The standard InChI is InChI=1S/C13H17ClN6O/c1-7-11(16)19-20-12(7)18-13(21)17-10(6-15)8-3-2-4-9(14)5-8/h2-5,10H,6,15H2,1H3,(H5,16,17,18,19,20,21). The van der Waals surface area contributed by atoms with Gasteiger partial charge in [0.2, 0.25) is 0 Å². The number of nitrogen functional groups attached to an aromatic ring is 1. The molecule has 1 aromatic carbocycles. The summed E-state index contributed by atoms with van der Waals surface area (Å²) in [4.78, 5) is 12.0. The second-order valence-electron chi connectivity index (χ2n) is 4.55. The maximum atomic E-state index is 12.0. The van der Waals surface area contributed by atoms with Crippen molar-refractivity contribution in [3.05, 3.63) is 40.4 Å². The number of aromatic nitrogens is 2. The lowest BCUT2D eigenvalue weighted by atomic mass is 10.1. The van der Waals surface area contributed by atoms with Crippen molar-refractivity contribution in [1.82, 2.24) is 15.5 Å². The molecule has 2 aromatic rings. The summed E-state index contributed by atoms with van der Waals surface area (Å²) in [5.74, 6) is 0.794. The number of urea groups is 1. The normalized spacial score (nSPS) is 12.0. The molecule has 0 radical (unpaired) electrons. The zero-order chi connectivity index (χ0) is 15.4. The van der Waals surface area contributed by atoms with Crippen LogP contribution in [0.3, 0.4) is 0 Å². The SMILES string of the molecule is Cc1c(NC(=O)NC(CN)c2cccc(Cl)c2)n[nH]c1N. The number of amides is 2. The van der Waals surface area contributed by atoms with Crippen molar-refractivity contribution in [1.29, 1.82) is 0 Å². The first-order chi connectivity index (χ1) is 10.0. The summed E-state index contributed by atoms with van der Waals surface area (Å²) in [7, 11) is 0. The number of hydrogen-bond donors (Lipinski definition) is 5. The first-order valence-electron chi connectivity index (χ1n) is 6.34. The van der Waals surface area contributed by atoms with Gasteiger partial charge in [0, 0.05) is 17.1 Å². The molecule has 0 saturated heterocycles. The third kappa shape index (κ3) is 3.65. The number of halogens is 1. The lowest BCUT2D eigenvalue weighted by Crippen LogP contribution is -2.36. The van der Waals surface area contributed by atoms with Gasteiger partial charge in [0.25, 0.3) is 0 Å². The van der Waals surface area contributed by atoms with Gasteiger partial charge < -0.3 is 16.8 Å². The number of aromatic amines is 1. The number of carbonyl (C=O) groups excluding carboxylic acids is 1. The van der Waals surface area contributed by atoms with Crippen LogP contribution in [-0.2, 0) is 0 Å². The number of rotatable bonds is 4. The molecule has 2 rings (SSSR count). The summed E-state index contributed by atoms with van der Waals surface area (Å²) in [6.45, 7) is 2.00. The molecule has 1 aromatic heterocycles. The highest BCUT2D eigenvalue weighted by Gasteiger charge is 2.15. The van der Waals surface area contributed by atoms with E-state index in [2.05, 4.69) is 20.8 Å². The molecular weight excluding hydrogens is 292 g/mol. The molecule has 1 heterocycles. The van der Waals surface area contributed by atoms with Crippen LogP contribution in [0, 0.1) is 6.92 Å². The minimum atomic E-state index is -0.417. The smallest absolute Gasteiger partial charge is 0.320 e. The van der Waals surface area contributed by atoms with Crippen molar-refractivity contribution in [2.24, 2.45) is 5.73 Å². The fourth-order valence-electron chi connectivity index (χ4n) is 1.84. The van der Waals surface area contributed by atoms with E-state index in [1.807, 2.05) is 6.07 Å². The fraction of sp³-hybridized carbons (Fsp3) is 0.231. The Bertz CT molecular complexity index is 641. The van der Waals surface area contributed by atoms with Crippen LogP contribution < -0.4 is 22.1 Å². The average molecular weight is 309 g/mol. The number of anilines is 2. The first-order valence-corrected chi connectivity index (χ1v) is 6.72. The van der Waals surface area contributed by atoms with E-state index in [4.69, 9.17) is 23.1 Å². The van der Waals surface area contributed by atoms with Gasteiger partial charge in [0.15, 0.2) is 5.82 Å². The van der Waals surface area contributed by atoms with Gasteiger partial charge in [-0.3, -0.25) is 10.4 Å². The third-order valence-corrected chi connectivity index (χ3v) is 3.31. The van der Waals surface area contributed by atoms with Gasteiger partial charge in [-0.1, -0.05) is 23.7 Å². The van der Waals surface area contributed by atoms with E-state index < -0.39 is 6.03 Å². The van der Waals surface area contributed by atoms with Crippen molar-refractivity contribution in [3.8, 4) is 0 Å². The topological polar surface area (TPSA) is 122 Å². The van der Waals surface area contributed by atoms with E-state index in [9.17, 15) is 4.79 Å². The van der Waals surface area contributed by atoms with Gasteiger partial charge in [0.1, 0.15) is 5.82 Å². The van der Waals surface area contributed by atoms with Crippen molar-refractivity contribution in [2.45, 2.75) is 13.0 Å². The number of nitrogens with one attached hydrogen (secondary N) is 3. The molecule has 7 nitrogen and oxygen atoms in total. The van der Waals surface area contributed by atoms with Crippen LogP contribution in [0.15, 0.2) is 24.3 Å². The van der Waals surface area contributed by atoms with Crippen LogP contribution in [0.1, 0.15) is 17.2 Å². The van der Waals surface area contributed by atoms with Crippen LogP contribution in [0.25, 0.3) is 0 Å². The van der Waals surface area contributed by atoms with Crippen LogP contribution in [-0.4, -0.2) is 22.8 Å². The highest BCUT2D eigenvalue weighted by atomic mass is 35.5. The van der Waals surface area contributed by atoms with Gasteiger partial charge in [-0.15, -0.1) is 0 Å². The molecule has 21 heavy (non-hydrogen) atoms. The molecule has 112 valence electrons. The Morgan fingerprint density at radius 2 is 2.29 bits per heavy atom. The van der Waals surface area contributed by atoms with E-state index >= 15 is 0 Å². The Balaban J connectivity index is 2.05. The highest BCUT2D eigenvalue weighted by Crippen LogP contribution is 2.18. The maximum Gasteiger partial charge on any atom is 0.320 e. The van der Waals surface area contributed by atoms with E-state index in [0.717, 1.165) is 5.56 Å². The number of H-pyrrole nitrogens is 1. The molecule has 0 aliphatic rings. The van der Waals surface area contributed by atoms with Crippen molar-refractivity contribution in [2.75, 3.05) is 17.6 Å². The van der Waals surface area contributed by atoms with E-state index in [1.165, 1.54) is 0 Å². The summed E-state index contributed by atoms with van der Waals surface area (Å²) < 4.78 is 0.